The van der Waals surface area contributed by atoms with Crippen LogP contribution in [-0.2, 0) is 6.42 Å². The third-order valence-corrected chi connectivity index (χ3v) is 8.93. The number of benzene rings is 3. The highest BCUT2D eigenvalue weighted by Gasteiger charge is 2.34. The first-order valence-electron chi connectivity index (χ1n) is 12.1. The molecule has 0 amide bonds. The van der Waals surface area contributed by atoms with Crippen LogP contribution in [0.4, 0.5) is 0 Å². The van der Waals surface area contributed by atoms with Crippen LogP contribution in [0.25, 0.3) is 11.8 Å². The number of hydrogen-bond acceptors (Lipinski definition) is 5. The standard InChI is InChI=1S/C30H25BrN2O3S/c1-17-11-12-18(15-23(17)31)16-25-29(34)33-27(22-9-6-10-24(35-2)28(22)36-3)21-14-13-19-7-4-5-8-20(19)26(21)32-30(33)37-25/h4-12,15-16,27H,13-14H2,1-3H3. The number of fused-ring (bicyclic) bond motifs is 3. The van der Waals surface area contributed by atoms with Gasteiger partial charge < -0.3 is 9.47 Å². The number of aryl methyl sites for hydroxylation is 2. The molecule has 186 valence electrons. The monoisotopic (exact) mass is 572 g/mol. The summed E-state index contributed by atoms with van der Waals surface area (Å²) in [5.41, 5.74) is 7.46. The lowest BCUT2D eigenvalue weighted by atomic mass is 9.83. The van der Waals surface area contributed by atoms with Gasteiger partial charge >= 0.3 is 0 Å². The van der Waals surface area contributed by atoms with Crippen LogP contribution >= 0.6 is 27.3 Å². The van der Waals surface area contributed by atoms with Crippen molar-refractivity contribution in [1.82, 2.24) is 4.57 Å². The van der Waals surface area contributed by atoms with Gasteiger partial charge in [0.1, 0.15) is 0 Å². The predicted molar refractivity (Wildman–Crippen MR) is 151 cm³/mol. The minimum absolute atomic E-state index is 0.0549. The van der Waals surface area contributed by atoms with Gasteiger partial charge in [-0.3, -0.25) is 9.36 Å². The topological polar surface area (TPSA) is 52.8 Å². The van der Waals surface area contributed by atoms with Crippen LogP contribution in [0, 0.1) is 6.92 Å². The van der Waals surface area contributed by atoms with E-state index in [0.717, 1.165) is 50.8 Å². The molecule has 1 aromatic heterocycles. The van der Waals surface area contributed by atoms with Crippen LogP contribution in [-0.4, -0.2) is 18.8 Å². The van der Waals surface area contributed by atoms with E-state index >= 15 is 0 Å². The second-order valence-electron chi connectivity index (χ2n) is 9.21. The van der Waals surface area contributed by atoms with E-state index < -0.39 is 0 Å². The number of para-hydroxylation sites is 1. The van der Waals surface area contributed by atoms with Crippen molar-refractivity contribution < 1.29 is 9.47 Å². The van der Waals surface area contributed by atoms with Gasteiger partial charge in [0.05, 0.1) is 30.5 Å². The molecule has 1 aliphatic carbocycles. The number of ether oxygens (including phenoxy) is 2. The van der Waals surface area contributed by atoms with E-state index in [-0.39, 0.29) is 11.6 Å². The SMILES string of the molecule is COc1cccc(C2C3=C(N=c4sc(=Cc5ccc(C)c(Br)c5)c(=O)n42)c2ccccc2CC3)c1OC. The van der Waals surface area contributed by atoms with Crippen molar-refractivity contribution in [1.29, 1.82) is 0 Å². The second kappa shape index (κ2) is 9.47. The van der Waals surface area contributed by atoms with Gasteiger partial charge in [0, 0.05) is 15.6 Å². The Morgan fingerprint density at radius 2 is 1.89 bits per heavy atom. The largest absolute Gasteiger partial charge is 0.493 e. The number of methoxy groups -OCH3 is 2. The highest BCUT2D eigenvalue weighted by molar-refractivity contribution is 9.10. The molecule has 3 aromatic carbocycles. The molecule has 6 rings (SSSR count). The van der Waals surface area contributed by atoms with Gasteiger partial charge in [0.15, 0.2) is 16.3 Å². The zero-order valence-corrected chi connectivity index (χ0v) is 23.2. The number of hydrogen-bond donors (Lipinski definition) is 0. The number of nitrogens with zero attached hydrogens (tertiary/aromatic N) is 2. The van der Waals surface area contributed by atoms with Crippen molar-refractivity contribution in [3.05, 3.63) is 118 Å². The van der Waals surface area contributed by atoms with E-state index in [1.54, 1.807) is 14.2 Å². The van der Waals surface area contributed by atoms with E-state index in [1.165, 1.54) is 16.9 Å². The van der Waals surface area contributed by atoms with Gasteiger partial charge in [-0.1, -0.05) is 75.8 Å². The van der Waals surface area contributed by atoms with Gasteiger partial charge in [0.2, 0.25) is 0 Å². The van der Waals surface area contributed by atoms with Crippen molar-refractivity contribution in [3.8, 4) is 11.5 Å². The molecule has 4 aromatic rings. The number of allylic oxidation sites excluding steroid dienone is 1. The van der Waals surface area contributed by atoms with Crippen LogP contribution in [0.5, 0.6) is 11.5 Å². The summed E-state index contributed by atoms with van der Waals surface area (Å²) in [7, 11) is 3.28. The molecule has 2 aliphatic rings. The molecular formula is C30H25BrN2O3S. The van der Waals surface area contributed by atoms with Crippen molar-refractivity contribution in [3.63, 3.8) is 0 Å². The third kappa shape index (κ3) is 3.97. The van der Waals surface area contributed by atoms with Crippen LogP contribution in [0.2, 0.25) is 0 Å². The number of aromatic nitrogens is 1. The van der Waals surface area contributed by atoms with Crippen LogP contribution in [0.1, 0.15) is 40.3 Å². The molecule has 1 aliphatic heterocycles. The minimum Gasteiger partial charge on any atom is -0.493 e. The number of rotatable bonds is 4. The summed E-state index contributed by atoms with van der Waals surface area (Å²) in [5.74, 6) is 1.28. The molecule has 0 spiro atoms. The smallest absolute Gasteiger partial charge is 0.271 e. The molecule has 1 unspecified atom stereocenters. The zero-order chi connectivity index (χ0) is 25.7. The Labute approximate surface area is 227 Å². The minimum atomic E-state index is -0.337. The zero-order valence-electron chi connectivity index (χ0n) is 20.7. The Kier molecular flexibility index (Phi) is 6.13. The maximum atomic E-state index is 14.0. The summed E-state index contributed by atoms with van der Waals surface area (Å²) < 4.78 is 15.0. The molecule has 1 atom stereocenters. The fraction of sp³-hybridized carbons (Fsp3) is 0.200. The maximum Gasteiger partial charge on any atom is 0.271 e. The highest BCUT2D eigenvalue weighted by Crippen LogP contribution is 2.45. The lowest BCUT2D eigenvalue weighted by Gasteiger charge is -2.31. The molecule has 0 radical (unpaired) electrons. The molecule has 7 heteroatoms. The molecule has 0 N–H and O–H groups in total. The average Bonchev–Trinajstić information content (AvgIpc) is 3.23. The molecule has 0 saturated heterocycles. The Morgan fingerprint density at radius 3 is 2.68 bits per heavy atom. The van der Waals surface area contributed by atoms with E-state index in [9.17, 15) is 4.79 Å². The third-order valence-electron chi connectivity index (χ3n) is 7.09. The van der Waals surface area contributed by atoms with E-state index in [4.69, 9.17) is 14.5 Å². The number of thiazole rings is 1. The predicted octanol–water partition coefficient (Wildman–Crippen LogP) is 5.41. The average molecular weight is 574 g/mol. The van der Waals surface area contributed by atoms with Gasteiger partial charge in [-0.25, -0.2) is 4.99 Å². The van der Waals surface area contributed by atoms with E-state index in [2.05, 4.69) is 40.2 Å². The fourth-order valence-electron chi connectivity index (χ4n) is 5.28. The molecular weight excluding hydrogens is 548 g/mol. The van der Waals surface area contributed by atoms with Gasteiger partial charge in [-0.2, -0.15) is 0 Å². The van der Waals surface area contributed by atoms with Crippen molar-refractivity contribution in [2.45, 2.75) is 25.8 Å². The fourth-order valence-corrected chi connectivity index (χ4v) is 6.67. The van der Waals surface area contributed by atoms with Gasteiger partial charge in [0.25, 0.3) is 5.56 Å². The van der Waals surface area contributed by atoms with E-state index in [0.29, 0.717) is 20.8 Å². The second-order valence-corrected chi connectivity index (χ2v) is 11.1. The molecule has 2 heterocycles. The Hall–Kier alpha value is -3.42. The maximum absolute atomic E-state index is 14.0. The summed E-state index contributed by atoms with van der Waals surface area (Å²) in [6.45, 7) is 2.05. The van der Waals surface area contributed by atoms with Crippen molar-refractivity contribution in [2.75, 3.05) is 14.2 Å². The lowest BCUT2D eigenvalue weighted by molar-refractivity contribution is 0.348. The van der Waals surface area contributed by atoms with Crippen LogP contribution in [0.15, 0.2) is 80.5 Å². The summed E-state index contributed by atoms with van der Waals surface area (Å²) in [4.78, 5) is 19.8. The number of halogens is 1. The lowest BCUT2D eigenvalue weighted by Crippen LogP contribution is -2.39. The van der Waals surface area contributed by atoms with Gasteiger partial charge in [-0.05, 0) is 60.2 Å². The van der Waals surface area contributed by atoms with Gasteiger partial charge in [-0.15, -0.1) is 0 Å². The summed E-state index contributed by atoms with van der Waals surface area (Å²) in [5, 5.41) is 0. The quantitative estimate of drug-likeness (QED) is 0.328. The van der Waals surface area contributed by atoms with Crippen molar-refractivity contribution >= 4 is 39.0 Å². The molecule has 0 bridgehead atoms. The Bertz CT molecular complexity index is 1770. The van der Waals surface area contributed by atoms with E-state index in [1.807, 2.05) is 54.0 Å². The Balaban J connectivity index is 1.65. The first-order valence-corrected chi connectivity index (χ1v) is 13.7. The molecule has 0 saturated carbocycles. The van der Waals surface area contributed by atoms with Crippen molar-refractivity contribution in [2.24, 2.45) is 4.99 Å². The molecule has 0 fully saturated rings. The molecule has 5 nitrogen and oxygen atoms in total. The summed E-state index contributed by atoms with van der Waals surface area (Å²) in [6.07, 6.45) is 3.66. The molecule has 37 heavy (non-hydrogen) atoms. The van der Waals surface area contributed by atoms with Crippen LogP contribution in [0.3, 0.4) is 0 Å². The highest BCUT2D eigenvalue weighted by atomic mass is 79.9. The van der Waals surface area contributed by atoms with Crippen LogP contribution < -0.4 is 24.4 Å². The summed E-state index contributed by atoms with van der Waals surface area (Å²) in [6, 6.07) is 20.1. The summed E-state index contributed by atoms with van der Waals surface area (Å²) >= 11 is 5.04. The first kappa shape index (κ1) is 23.9. The normalized spacial score (nSPS) is 16.5. The Morgan fingerprint density at radius 1 is 1.05 bits per heavy atom. The first-order chi connectivity index (χ1) is 18.0.